The Labute approximate surface area is 209 Å². The number of rotatable bonds is 9. The number of hydrogen-bond donors (Lipinski definition) is 2. The highest BCUT2D eigenvalue weighted by Crippen LogP contribution is 2.27. The zero-order valence-corrected chi connectivity index (χ0v) is 20.7. The van der Waals surface area contributed by atoms with E-state index in [0.29, 0.717) is 16.4 Å². The molecule has 3 amide bonds. The van der Waals surface area contributed by atoms with Gasteiger partial charge in [0.2, 0.25) is 5.91 Å². The molecule has 1 fully saturated rings. The van der Waals surface area contributed by atoms with Gasteiger partial charge in [0.25, 0.3) is 11.8 Å². The van der Waals surface area contributed by atoms with Crippen molar-refractivity contribution < 1.29 is 18.8 Å². The molecule has 3 aromatic rings. The molecule has 1 saturated carbocycles. The number of aryl methyl sites for hydroxylation is 1. The van der Waals surface area contributed by atoms with Gasteiger partial charge >= 0.3 is 0 Å². The van der Waals surface area contributed by atoms with Crippen LogP contribution in [0.4, 0.5) is 0 Å². The third kappa shape index (κ3) is 6.60. The molecule has 2 N–H and O–H groups in total. The van der Waals surface area contributed by atoms with E-state index in [9.17, 15) is 14.4 Å². The number of hydrogen-bond acceptors (Lipinski definition) is 5. The van der Waals surface area contributed by atoms with Crippen LogP contribution in [0.2, 0.25) is 0 Å². The summed E-state index contributed by atoms with van der Waals surface area (Å²) < 4.78 is 5.87. The summed E-state index contributed by atoms with van der Waals surface area (Å²) in [5.41, 5.74) is 0.879. The van der Waals surface area contributed by atoms with E-state index in [1.807, 2.05) is 42.6 Å². The van der Waals surface area contributed by atoms with Crippen LogP contribution in [-0.4, -0.2) is 35.2 Å². The van der Waals surface area contributed by atoms with E-state index in [1.54, 1.807) is 24.3 Å². The molecule has 2 aromatic heterocycles. The van der Waals surface area contributed by atoms with Crippen molar-refractivity contribution in [1.82, 2.24) is 15.5 Å². The van der Waals surface area contributed by atoms with Gasteiger partial charge in [-0.3, -0.25) is 14.4 Å². The fraction of sp³-hybridized carbons (Fsp3) is 0.370. The van der Waals surface area contributed by atoms with Crippen molar-refractivity contribution in [3.8, 4) is 0 Å². The summed E-state index contributed by atoms with van der Waals surface area (Å²) in [6, 6.07) is 15.7. The molecule has 1 aromatic carbocycles. The van der Waals surface area contributed by atoms with E-state index in [1.165, 1.54) is 22.7 Å². The van der Waals surface area contributed by atoms with Gasteiger partial charge in [-0.2, -0.15) is 0 Å². The van der Waals surface area contributed by atoms with Gasteiger partial charge in [0.1, 0.15) is 11.5 Å². The summed E-state index contributed by atoms with van der Waals surface area (Å²) in [4.78, 5) is 41.7. The lowest BCUT2D eigenvalue weighted by atomic mass is 9.95. The molecule has 35 heavy (non-hydrogen) atoms. The number of thiophene rings is 1. The fourth-order valence-corrected chi connectivity index (χ4v) is 5.05. The van der Waals surface area contributed by atoms with Crippen molar-refractivity contribution >= 4 is 29.1 Å². The van der Waals surface area contributed by atoms with E-state index >= 15 is 0 Å². The second-order valence-corrected chi connectivity index (χ2v) is 9.81. The van der Waals surface area contributed by atoms with E-state index < -0.39 is 6.04 Å². The number of nitrogens with one attached hydrogen (secondary N) is 2. The summed E-state index contributed by atoms with van der Waals surface area (Å²) in [6.07, 6.45) is 5.20. The Hall–Kier alpha value is -3.39. The average Bonchev–Trinajstić information content (AvgIpc) is 3.56. The summed E-state index contributed by atoms with van der Waals surface area (Å²) in [5.74, 6) is 0.125. The molecule has 0 radical (unpaired) electrons. The van der Waals surface area contributed by atoms with Crippen LogP contribution in [0.5, 0.6) is 0 Å². The molecule has 8 heteroatoms. The zero-order chi connectivity index (χ0) is 24.6. The first-order valence-corrected chi connectivity index (χ1v) is 12.9. The minimum atomic E-state index is -0.947. The molecule has 184 valence electrons. The van der Waals surface area contributed by atoms with Gasteiger partial charge in [-0.05, 0) is 48.9 Å². The molecular weight excluding hydrogens is 462 g/mol. The van der Waals surface area contributed by atoms with Crippen molar-refractivity contribution in [2.75, 3.05) is 6.54 Å². The van der Waals surface area contributed by atoms with Crippen LogP contribution in [0.25, 0.3) is 0 Å². The Kier molecular flexibility index (Phi) is 8.36. The van der Waals surface area contributed by atoms with Gasteiger partial charge in [-0.25, -0.2) is 0 Å². The summed E-state index contributed by atoms with van der Waals surface area (Å²) >= 11 is 1.31. The van der Waals surface area contributed by atoms with E-state index in [0.717, 1.165) is 31.2 Å². The minimum absolute atomic E-state index is 0.0852. The molecule has 0 saturated heterocycles. The smallest absolute Gasteiger partial charge is 0.261 e. The topological polar surface area (TPSA) is 91.7 Å². The highest BCUT2D eigenvalue weighted by Gasteiger charge is 2.35. The van der Waals surface area contributed by atoms with Crippen molar-refractivity contribution in [1.29, 1.82) is 0 Å². The van der Waals surface area contributed by atoms with Crippen LogP contribution in [-0.2, 0) is 16.1 Å². The lowest BCUT2D eigenvalue weighted by molar-refractivity contribution is -0.142. The standard InChI is InChI=1S/C27H31N3O4S/c1-19-14-15-22(34-19)25(27(33)29-21-11-6-3-7-12-21)30(18-20-9-4-2-5-10-20)24(31)17-28-26(32)23-13-8-16-35-23/h2,4-5,8-10,13-16,21,25H,3,6-7,11-12,17-18H2,1H3,(H,28,32)(H,29,33)/t25-/m1/s1. The molecule has 0 unspecified atom stereocenters. The quantitative estimate of drug-likeness (QED) is 0.456. The summed E-state index contributed by atoms with van der Waals surface area (Å²) in [6.45, 7) is 1.79. The molecule has 4 rings (SSSR count). The average molecular weight is 494 g/mol. The van der Waals surface area contributed by atoms with Gasteiger partial charge in [0.05, 0.1) is 11.4 Å². The van der Waals surface area contributed by atoms with E-state index in [4.69, 9.17) is 4.42 Å². The van der Waals surface area contributed by atoms with E-state index in [2.05, 4.69) is 10.6 Å². The predicted molar refractivity (Wildman–Crippen MR) is 135 cm³/mol. The first kappa shape index (κ1) is 24.7. The third-order valence-corrected chi connectivity index (χ3v) is 7.07. The van der Waals surface area contributed by atoms with Crippen LogP contribution in [0.3, 0.4) is 0 Å². The maximum absolute atomic E-state index is 13.6. The van der Waals surface area contributed by atoms with Gasteiger partial charge in [-0.1, -0.05) is 55.7 Å². The Balaban J connectivity index is 1.60. The van der Waals surface area contributed by atoms with Crippen molar-refractivity contribution in [3.05, 3.63) is 81.9 Å². The first-order valence-electron chi connectivity index (χ1n) is 12.0. The maximum Gasteiger partial charge on any atom is 0.261 e. The van der Waals surface area contributed by atoms with Crippen LogP contribution in [0, 0.1) is 6.92 Å². The zero-order valence-electron chi connectivity index (χ0n) is 19.9. The predicted octanol–water partition coefficient (Wildman–Crippen LogP) is 4.60. The lowest BCUT2D eigenvalue weighted by Gasteiger charge is -2.32. The molecule has 1 aliphatic carbocycles. The summed E-state index contributed by atoms with van der Waals surface area (Å²) in [5, 5.41) is 7.67. The maximum atomic E-state index is 13.6. The van der Waals surface area contributed by atoms with Gasteiger partial charge in [0.15, 0.2) is 6.04 Å². The fourth-order valence-electron chi connectivity index (χ4n) is 4.41. The number of amides is 3. The molecule has 1 aliphatic rings. The Morgan fingerprint density at radius 1 is 1.03 bits per heavy atom. The molecule has 0 spiro atoms. The normalized spacial score (nSPS) is 14.8. The van der Waals surface area contributed by atoms with Crippen LogP contribution >= 0.6 is 11.3 Å². The number of furan rings is 1. The van der Waals surface area contributed by atoms with Gasteiger partial charge < -0.3 is 20.0 Å². The highest BCUT2D eigenvalue weighted by molar-refractivity contribution is 7.12. The number of carbonyl (C=O) groups is 3. The second-order valence-electron chi connectivity index (χ2n) is 8.86. The molecule has 1 atom stereocenters. The van der Waals surface area contributed by atoms with Crippen molar-refractivity contribution in [2.45, 2.75) is 57.7 Å². The minimum Gasteiger partial charge on any atom is -0.464 e. The van der Waals surface area contributed by atoms with Crippen molar-refractivity contribution in [3.63, 3.8) is 0 Å². The van der Waals surface area contributed by atoms with Crippen LogP contribution < -0.4 is 10.6 Å². The number of benzene rings is 1. The summed E-state index contributed by atoms with van der Waals surface area (Å²) in [7, 11) is 0. The largest absolute Gasteiger partial charge is 0.464 e. The lowest BCUT2D eigenvalue weighted by Crippen LogP contribution is -2.49. The molecule has 7 nitrogen and oxygen atoms in total. The van der Waals surface area contributed by atoms with Crippen LogP contribution in [0.15, 0.2) is 64.4 Å². The van der Waals surface area contributed by atoms with E-state index in [-0.39, 0.29) is 36.9 Å². The molecular formula is C27H31N3O4S. The molecule has 0 aliphatic heterocycles. The second kappa shape index (κ2) is 11.8. The first-order chi connectivity index (χ1) is 17.0. The van der Waals surface area contributed by atoms with Gasteiger partial charge in [-0.15, -0.1) is 11.3 Å². The third-order valence-electron chi connectivity index (χ3n) is 6.20. The Bertz CT molecular complexity index is 1120. The van der Waals surface area contributed by atoms with Gasteiger partial charge in [0, 0.05) is 12.6 Å². The number of carbonyl (C=O) groups excluding carboxylic acids is 3. The highest BCUT2D eigenvalue weighted by atomic mass is 32.1. The Morgan fingerprint density at radius 2 is 1.80 bits per heavy atom. The molecule has 2 heterocycles. The number of nitrogens with zero attached hydrogens (tertiary/aromatic N) is 1. The monoisotopic (exact) mass is 493 g/mol. The Morgan fingerprint density at radius 3 is 2.46 bits per heavy atom. The molecule has 0 bridgehead atoms. The SMILES string of the molecule is Cc1ccc([C@H](C(=O)NC2CCCCC2)N(Cc2ccccc2)C(=O)CNC(=O)c2cccs2)o1. The van der Waals surface area contributed by atoms with Crippen molar-refractivity contribution in [2.24, 2.45) is 0 Å². The van der Waals surface area contributed by atoms with Crippen LogP contribution in [0.1, 0.15) is 64.9 Å².